The summed E-state index contributed by atoms with van der Waals surface area (Å²) in [6, 6.07) is 11.1. The van der Waals surface area contributed by atoms with E-state index < -0.39 is 0 Å². The van der Waals surface area contributed by atoms with Crippen LogP contribution >= 0.6 is 22.9 Å². The summed E-state index contributed by atoms with van der Waals surface area (Å²) in [6.07, 6.45) is 2.70. The maximum absolute atomic E-state index is 12.0. The summed E-state index contributed by atoms with van der Waals surface area (Å²) < 4.78 is 5.69. The SMILES string of the molecule is Cc1cc(Cl)ccc1OCCCC(=O)Nc1nc(-c2ccccn2)cs1. The number of nitrogens with zero attached hydrogens (tertiary/aromatic N) is 2. The minimum atomic E-state index is -0.0802. The van der Waals surface area contributed by atoms with Crippen molar-refractivity contribution in [3.8, 4) is 17.1 Å². The molecule has 1 aromatic carbocycles. The van der Waals surface area contributed by atoms with Crippen LogP contribution in [-0.4, -0.2) is 22.5 Å². The molecule has 0 aliphatic rings. The lowest BCUT2D eigenvalue weighted by Crippen LogP contribution is -2.12. The van der Waals surface area contributed by atoms with E-state index in [1.54, 1.807) is 12.3 Å². The van der Waals surface area contributed by atoms with Gasteiger partial charge in [-0.2, -0.15) is 0 Å². The van der Waals surface area contributed by atoms with E-state index in [0.717, 1.165) is 22.7 Å². The normalized spacial score (nSPS) is 10.5. The van der Waals surface area contributed by atoms with Crippen LogP contribution in [0.25, 0.3) is 11.4 Å². The number of amides is 1. The Labute approximate surface area is 161 Å². The molecule has 3 rings (SSSR count). The van der Waals surface area contributed by atoms with Crippen molar-refractivity contribution in [2.75, 3.05) is 11.9 Å². The molecule has 0 saturated carbocycles. The molecule has 0 spiro atoms. The molecule has 2 aromatic heterocycles. The number of carbonyl (C=O) groups is 1. The smallest absolute Gasteiger partial charge is 0.226 e. The number of ether oxygens (including phenoxy) is 1. The average molecular weight is 388 g/mol. The van der Waals surface area contributed by atoms with Gasteiger partial charge in [-0.05, 0) is 49.2 Å². The van der Waals surface area contributed by atoms with Gasteiger partial charge in [0.15, 0.2) is 5.13 Å². The molecule has 0 aliphatic heterocycles. The van der Waals surface area contributed by atoms with Gasteiger partial charge in [-0.3, -0.25) is 9.78 Å². The highest BCUT2D eigenvalue weighted by Crippen LogP contribution is 2.24. The molecule has 2 heterocycles. The van der Waals surface area contributed by atoms with Crippen molar-refractivity contribution in [2.45, 2.75) is 19.8 Å². The second-order valence-corrected chi connectivity index (χ2v) is 6.96. The number of thiazole rings is 1. The van der Waals surface area contributed by atoms with Crippen LogP contribution in [0.1, 0.15) is 18.4 Å². The van der Waals surface area contributed by atoms with Crippen molar-refractivity contribution in [3.63, 3.8) is 0 Å². The van der Waals surface area contributed by atoms with Gasteiger partial charge in [-0.25, -0.2) is 4.98 Å². The summed E-state index contributed by atoms with van der Waals surface area (Å²) in [5.41, 5.74) is 2.52. The zero-order valence-corrected chi connectivity index (χ0v) is 15.8. The number of aryl methyl sites for hydroxylation is 1. The van der Waals surface area contributed by atoms with Gasteiger partial charge in [-0.1, -0.05) is 17.7 Å². The third-order valence-corrected chi connectivity index (χ3v) is 4.61. The maximum atomic E-state index is 12.0. The van der Waals surface area contributed by atoms with Crippen molar-refractivity contribution >= 4 is 34.0 Å². The monoisotopic (exact) mass is 387 g/mol. The van der Waals surface area contributed by atoms with Gasteiger partial charge >= 0.3 is 0 Å². The van der Waals surface area contributed by atoms with E-state index in [-0.39, 0.29) is 5.91 Å². The summed E-state index contributed by atoms with van der Waals surface area (Å²) in [7, 11) is 0. The number of aromatic nitrogens is 2. The van der Waals surface area contributed by atoms with Gasteiger partial charge in [0.2, 0.25) is 5.91 Å². The highest BCUT2D eigenvalue weighted by Gasteiger charge is 2.09. The fraction of sp³-hybridized carbons (Fsp3) is 0.211. The van der Waals surface area contributed by atoms with Crippen molar-refractivity contribution in [1.29, 1.82) is 0 Å². The molecule has 0 bridgehead atoms. The molecular weight excluding hydrogens is 370 g/mol. The fourth-order valence-electron chi connectivity index (χ4n) is 2.33. The molecule has 5 nitrogen and oxygen atoms in total. The van der Waals surface area contributed by atoms with Crippen LogP contribution in [0.15, 0.2) is 48.0 Å². The van der Waals surface area contributed by atoms with E-state index >= 15 is 0 Å². The van der Waals surface area contributed by atoms with E-state index in [1.165, 1.54) is 11.3 Å². The molecule has 0 unspecified atom stereocenters. The number of benzene rings is 1. The molecule has 0 fully saturated rings. The van der Waals surface area contributed by atoms with Gasteiger partial charge < -0.3 is 10.1 Å². The van der Waals surface area contributed by atoms with Crippen molar-refractivity contribution in [2.24, 2.45) is 0 Å². The molecular formula is C19H18ClN3O2S. The Morgan fingerprint density at radius 3 is 2.92 bits per heavy atom. The summed E-state index contributed by atoms with van der Waals surface area (Å²) in [5.74, 6) is 0.707. The lowest BCUT2D eigenvalue weighted by Gasteiger charge is -2.09. The number of nitrogens with one attached hydrogen (secondary N) is 1. The molecule has 134 valence electrons. The zero-order chi connectivity index (χ0) is 18.4. The summed E-state index contributed by atoms with van der Waals surface area (Å²) in [6.45, 7) is 2.41. The predicted molar refractivity (Wildman–Crippen MR) is 105 cm³/mol. The summed E-state index contributed by atoms with van der Waals surface area (Å²) in [5, 5.41) is 5.95. The summed E-state index contributed by atoms with van der Waals surface area (Å²) >= 11 is 7.31. The van der Waals surface area contributed by atoms with E-state index in [1.807, 2.05) is 42.6 Å². The summed E-state index contributed by atoms with van der Waals surface area (Å²) in [4.78, 5) is 20.7. The average Bonchev–Trinajstić information content (AvgIpc) is 3.09. The lowest BCUT2D eigenvalue weighted by molar-refractivity contribution is -0.116. The Balaban J connectivity index is 1.44. The number of anilines is 1. The van der Waals surface area contributed by atoms with Crippen LogP contribution in [0, 0.1) is 6.92 Å². The zero-order valence-electron chi connectivity index (χ0n) is 14.2. The van der Waals surface area contributed by atoms with Crippen LogP contribution < -0.4 is 10.1 Å². The largest absolute Gasteiger partial charge is 0.493 e. The second-order valence-electron chi connectivity index (χ2n) is 5.66. The molecule has 0 saturated heterocycles. The van der Waals surface area contributed by atoms with Gasteiger partial charge in [0, 0.05) is 23.0 Å². The Hall–Kier alpha value is -2.44. The van der Waals surface area contributed by atoms with Crippen LogP contribution in [0.5, 0.6) is 5.75 Å². The van der Waals surface area contributed by atoms with Crippen LogP contribution in [0.4, 0.5) is 5.13 Å². The number of halogens is 1. The molecule has 1 amide bonds. The van der Waals surface area contributed by atoms with Gasteiger partial charge in [0.25, 0.3) is 0 Å². The first-order valence-corrected chi connectivity index (χ1v) is 9.43. The minimum absolute atomic E-state index is 0.0802. The molecule has 7 heteroatoms. The van der Waals surface area contributed by atoms with Gasteiger partial charge in [0.05, 0.1) is 12.3 Å². The quantitative estimate of drug-likeness (QED) is 0.581. The second kappa shape index (κ2) is 8.78. The standard InChI is InChI=1S/C19H18ClN3O2S/c1-13-11-14(20)7-8-17(13)25-10-4-6-18(24)23-19-22-16(12-26-19)15-5-2-3-9-21-15/h2-3,5,7-9,11-12H,4,6,10H2,1H3,(H,22,23,24). The molecule has 0 atom stereocenters. The highest BCUT2D eigenvalue weighted by atomic mass is 35.5. The van der Waals surface area contributed by atoms with Gasteiger partial charge in [0.1, 0.15) is 11.4 Å². The third-order valence-electron chi connectivity index (χ3n) is 3.62. The maximum Gasteiger partial charge on any atom is 0.226 e. The van der Waals surface area contributed by atoms with E-state index in [4.69, 9.17) is 16.3 Å². The first-order chi connectivity index (χ1) is 12.6. The lowest BCUT2D eigenvalue weighted by atomic mass is 10.2. The Morgan fingerprint density at radius 2 is 2.15 bits per heavy atom. The Morgan fingerprint density at radius 1 is 1.27 bits per heavy atom. The Bertz CT molecular complexity index is 884. The van der Waals surface area contributed by atoms with Crippen LogP contribution in [-0.2, 0) is 4.79 Å². The first-order valence-electron chi connectivity index (χ1n) is 8.17. The number of hydrogen-bond donors (Lipinski definition) is 1. The van der Waals surface area contributed by atoms with Gasteiger partial charge in [-0.15, -0.1) is 11.3 Å². The van der Waals surface area contributed by atoms with Crippen molar-refractivity contribution in [3.05, 3.63) is 58.6 Å². The fourth-order valence-corrected chi connectivity index (χ4v) is 3.28. The van der Waals surface area contributed by atoms with E-state index in [2.05, 4.69) is 15.3 Å². The highest BCUT2D eigenvalue weighted by molar-refractivity contribution is 7.14. The topological polar surface area (TPSA) is 64.1 Å². The van der Waals surface area contributed by atoms with Crippen molar-refractivity contribution in [1.82, 2.24) is 9.97 Å². The van der Waals surface area contributed by atoms with Crippen LogP contribution in [0.3, 0.4) is 0 Å². The predicted octanol–water partition coefficient (Wildman–Crippen LogP) is 4.96. The number of rotatable bonds is 7. The Kier molecular flexibility index (Phi) is 6.20. The molecule has 0 radical (unpaired) electrons. The third kappa shape index (κ3) is 5.03. The first kappa shape index (κ1) is 18.4. The number of pyridine rings is 1. The van der Waals surface area contributed by atoms with Crippen molar-refractivity contribution < 1.29 is 9.53 Å². The number of hydrogen-bond acceptors (Lipinski definition) is 5. The van der Waals surface area contributed by atoms with Crippen LogP contribution in [0.2, 0.25) is 5.02 Å². The molecule has 26 heavy (non-hydrogen) atoms. The molecule has 0 aliphatic carbocycles. The number of carbonyl (C=O) groups excluding carboxylic acids is 1. The van der Waals surface area contributed by atoms with E-state index in [9.17, 15) is 4.79 Å². The molecule has 1 N–H and O–H groups in total. The molecule has 3 aromatic rings. The minimum Gasteiger partial charge on any atom is -0.493 e. The van der Waals surface area contributed by atoms with E-state index in [0.29, 0.717) is 29.6 Å².